The van der Waals surface area contributed by atoms with E-state index in [4.69, 9.17) is 8.94 Å². The predicted molar refractivity (Wildman–Crippen MR) is 105 cm³/mol. The Hall–Kier alpha value is -3.87. The van der Waals surface area contributed by atoms with Crippen LogP contribution in [-0.2, 0) is 16.9 Å². The first-order valence-electron chi connectivity index (χ1n) is 9.19. The lowest BCUT2D eigenvalue weighted by molar-refractivity contribution is -0.132. The van der Waals surface area contributed by atoms with Crippen molar-refractivity contribution in [2.45, 2.75) is 19.0 Å². The molecule has 1 aliphatic rings. The lowest BCUT2D eigenvalue weighted by Gasteiger charge is -2.18. The molecule has 1 saturated heterocycles. The molecule has 1 N–H and O–H groups in total. The number of furan rings is 1. The van der Waals surface area contributed by atoms with Crippen LogP contribution in [0.3, 0.4) is 0 Å². The molecule has 7 heteroatoms. The Labute approximate surface area is 165 Å². The summed E-state index contributed by atoms with van der Waals surface area (Å²) in [6.45, 7) is 1.65. The zero-order valence-corrected chi connectivity index (χ0v) is 15.6. The number of nitrogens with zero attached hydrogens (tertiary/aromatic N) is 2. The predicted octanol–water partition coefficient (Wildman–Crippen LogP) is 4.06. The van der Waals surface area contributed by atoms with E-state index >= 15 is 0 Å². The summed E-state index contributed by atoms with van der Waals surface area (Å²) in [5.74, 6) is 0.572. The fourth-order valence-corrected chi connectivity index (χ4v) is 3.52. The van der Waals surface area contributed by atoms with Crippen LogP contribution in [0.2, 0.25) is 0 Å². The quantitative estimate of drug-likeness (QED) is 0.534. The van der Waals surface area contributed by atoms with E-state index in [1.165, 1.54) is 0 Å². The van der Waals surface area contributed by atoms with Gasteiger partial charge in [-0.25, -0.2) is 4.79 Å². The maximum Gasteiger partial charge on any atom is 0.325 e. The van der Waals surface area contributed by atoms with Crippen LogP contribution < -0.4 is 5.32 Å². The van der Waals surface area contributed by atoms with Crippen LogP contribution in [0.1, 0.15) is 18.4 Å². The monoisotopic (exact) mass is 387 g/mol. The van der Waals surface area contributed by atoms with Gasteiger partial charge in [0.1, 0.15) is 17.0 Å². The Morgan fingerprint density at radius 2 is 1.79 bits per heavy atom. The summed E-state index contributed by atoms with van der Waals surface area (Å²) in [6, 6.07) is 20.0. The van der Waals surface area contributed by atoms with E-state index in [1.54, 1.807) is 19.1 Å². The highest BCUT2D eigenvalue weighted by atomic mass is 16.5. The summed E-state index contributed by atoms with van der Waals surface area (Å²) in [6.07, 6.45) is 0. The number of imide groups is 1. The van der Waals surface area contributed by atoms with Crippen LogP contribution in [0.4, 0.5) is 4.79 Å². The van der Waals surface area contributed by atoms with E-state index in [9.17, 15) is 9.59 Å². The number of hydrogen-bond donors (Lipinski definition) is 1. The highest BCUT2D eigenvalue weighted by Crippen LogP contribution is 2.33. The van der Waals surface area contributed by atoms with Gasteiger partial charge in [0, 0.05) is 17.0 Å². The molecule has 2 aromatic heterocycles. The highest BCUT2D eigenvalue weighted by molar-refractivity contribution is 6.07. The molecule has 3 amide bonds. The smallest absolute Gasteiger partial charge is 0.325 e. The van der Waals surface area contributed by atoms with Gasteiger partial charge in [-0.15, -0.1) is 0 Å². The molecular weight excluding hydrogens is 370 g/mol. The molecular formula is C22H17N3O4. The summed E-state index contributed by atoms with van der Waals surface area (Å²) in [4.78, 5) is 26.8. The third-order valence-electron chi connectivity index (χ3n) is 5.13. The first kappa shape index (κ1) is 17.2. The third-order valence-corrected chi connectivity index (χ3v) is 5.13. The highest BCUT2D eigenvalue weighted by Gasteiger charge is 2.51. The summed E-state index contributed by atoms with van der Waals surface area (Å²) >= 11 is 0. The second-order valence-electron chi connectivity index (χ2n) is 7.14. The maximum atomic E-state index is 13.1. The summed E-state index contributed by atoms with van der Waals surface area (Å²) < 4.78 is 11.2. The van der Waals surface area contributed by atoms with Crippen molar-refractivity contribution in [3.05, 3.63) is 78.2 Å². The number of nitrogens with one attached hydrogen (secondary N) is 1. The number of fused-ring (bicyclic) bond motifs is 1. The molecule has 1 aliphatic heterocycles. The lowest BCUT2D eigenvalue weighted by Crippen LogP contribution is -2.40. The van der Waals surface area contributed by atoms with Gasteiger partial charge in [-0.2, -0.15) is 0 Å². The van der Waals surface area contributed by atoms with Gasteiger partial charge >= 0.3 is 6.03 Å². The van der Waals surface area contributed by atoms with Crippen LogP contribution in [0.15, 0.2) is 75.7 Å². The molecule has 1 atom stereocenters. The van der Waals surface area contributed by atoms with Crippen molar-refractivity contribution >= 4 is 22.9 Å². The minimum absolute atomic E-state index is 0.0107. The molecule has 0 aliphatic carbocycles. The standard InChI is InChI=1S/C22H17N3O4/c1-22(19-11-15-9-5-6-10-17(15)28-19)20(26)25(21(27)23-22)13-16-12-18(29-24-16)14-7-3-2-4-8-14/h2-12H,13H2,1H3,(H,23,27). The van der Waals surface area contributed by atoms with Crippen LogP contribution in [0.25, 0.3) is 22.3 Å². The first-order chi connectivity index (χ1) is 14.0. The largest absolute Gasteiger partial charge is 0.458 e. The molecule has 5 rings (SSSR count). The first-order valence-corrected chi connectivity index (χ1v) is 9.19. The molecule has 1 fully saturated rings. The zero-order valence-electron chi connectivity index (χ0n) is 15.6. The van der Waals surface area contributed by atoms with E-state index in [-0.39, 0.29) is 6.54 Å². The van der Waals surface area contributed by atoms with Crippen molar-refractivity contribution in [3.63, 3.8) is 0 Å². The summed E-state index contributed by atoms with van der Waals surface area (Å²) in [5.41, 5.74) is 0.743. The SMILES string of the molecule is CC1(c2cc3ccccc3o2)NC(=O)N(Cc2cc(-c3ccccc3)on2)C1=O. The van der Waals surface area contributed by atoms with Gasteiger partial charge in [-0.3, -0.25) is 9.69 Å². The Morgan fingerprint density at radius 1 is 1.03 bits per heavy atom. The number of amides is 3. The molecule has 7 nitrogen and oxygen atoms in total. The van der Waals surface area contributed by atoms with Gasteiger partial charge in [0.05, 0.1) is 6.54 Å². The van der Waals surface area contributed by atoms with Crippen LogP contribution in [0.5, 0.6) is 0 Å². The summed E-state index contributed by atoms with van der Waals surface area (Å²) in [7, 11) is 0. The fraction of sp³-hybridized carbons (Fsp3) is 0.136. The molecule has 4 aromatic rings. The number of benzene rings is 2. The topological polar surface area (TPSA) is 88.6 Å². The van der Waals surface area contributed by atoms with E-state index < -0.39 is 17.5 Å². The Balaban J connectivity index is 1.41. The minimum atomic E-state index is -1.28. The van der Waals surface area contributed by atoms with Crippen molar-refractivity contribution in [2.75, 3.05) is 0 Å². The lowest BCUT2D eigenvalue weighted by atomic mass is 9.99. The van der Waals surface area contributed by atoms with Crippen molar-refractivity contribution < 1.29 is 18.5 Å². The second-order valence-corrected chi connectivity index (χ2v) is 7.14. The number of hydrogen-bond acceptors (Lipinski definition) is 5. The van der Waals surface area contributed by atoms with E-state index in [1.807, 2.05) is 54.6 Å². The van der Waals surface area contributed by atoms with Gasteiger partial charge in [-0.05, 0) is 19.1 Å². The molecule has 3 heterocycles. The normalized spacial score (nSPS) is 19.1. The number of urea groups is 1. The molecule has 144 valence electrons. The van der Waals surface area contributed by atoms with Crippen molar-refractivity contribution in [3.8, 4) is 11.3 Å². The molecule has 0 spiro atoms. The van der Waals surface area contributed by atoms with E-state index in [2.05, 4.69) is 10.5 Å². The van der Waals surface area contributed by atoms with Crippen molar-refractivity contribution in [1.29, 1.82) is 0 Å². The van der Waals surface area contributed by atoms with E-state index in [0.29, 0.717) is 22.8 Å². The number of para-hydroxylation sites is 1. The molecule has 1 unspecified atom stereocenters. The van der Waals surface area contributed by atoms with Crippen molar-refractivity contribution in [2.24, 2.45) is 0 Å². The third kappa shape index (κ3) is 2.79. The van der Waals surface area contributed by atoms with Crippen LogP contribution in [0, 0.1) is 0 Å². The minimum Gasteiger partial charge on any atom is -0.458 e. The zero-order chi connectivity index (χ0) is 20.0. The Kier molecular flexibility index (Phi) is 3.77. The van der Waals surface area contributed by atoms with Crippen LogP contribution in [-0.4, -0.2) is 22.0 Å². The van der Waals surface area contributed by atoms with Crippen molar-refractivity contribution in [1.82, 2.24) is 15.4 Å². The van der Waals surface area contributed by atoms with Gasteiger partial charge < -0.3 is 14.3 Å². The maximum absolute atomic E-state index is 13.1. The number of aromatic nitrogens is 1. The Bertz CT molecular complexity index is 1190. The fourth-order valence-electron chi connectivity index (χ4n) is 3.52. The molecule has 29 heavy (non-hydrogen) atoms. The number of carbonyl (C=O) groups excluding carboxylic acids is 2. The average Bonchev–Trinajstić information content (AvgIpc) is 3.43. The molecule has 0 saturated carbocycles. The molecule has 0 radical (unpaired) electrons. The molecule has 2 aromatic carbocycles. The van der Waals surface area contributed by atoms with Crippen LogP contribution >= 0.6 is 0 Å². The summed E-state index contributed by atoms with van der Waals surface area (Å²) in [5, 5.41) is 7.63. The van der Waals surface area contributed by atoms with Gasteiger partial charge in [0.15, 0.2) is 11.3 Å². The van der Waals surface area contributed by atoms with Gasteiger partial charge in [0.2, 0.25) is 0 Å². The molecule has 0 bridgehead atoms. The number of carbonyl (C=O) groups is 2. The average molecular weight is 387 g/mol. The number of rotatable bonds is 4. The Morgan fingerprint density at radius 3 is 2.59 bits per heavy atom. The second kappa shape index (κ2) is 6.34. The van der Waals surface area contributed by atoms with Gasteiger partial charge in [-0.1, -0.05) is 53.7 Å². The van der Waals surface area contributed by atoms with E-state index in [0.717, 1.165) is 15.8 Å². The van der Waals surface area contributed by atoms with Gasteiger partial charge in [0.25, 0.3) is 5.91 Å².